The fraction of sp³-hybridized carbons (Fsp3) is 0.412. The molecule has 1 aromatic rings. The van der Waals surface area contributed by atoms with Gasteiger partial charge in [0.15, 0.2) is 0 Å². The van der Waals surface area contributed by atoms with Crippen molar-refractivity contribution in [3.05, 3.63) is 46.6 Å². The molecule has 5 heteroatoms. The van der Waals surface area contributed by atoms with E-state index in [2.05, 4.69) is 10.6 Å². The van der Waals surface area contributed by atoms with Gasteiger partial charge in [0, 0.05) is 23.8 Å². The summed E-state index contributed by atoms with van der Waals surface area (Å²) in [6.45, 7) is 0.541. The molecule has 0 aliphatic heterocycles. The van der Waals surface area contributed by atoms with Gasteiger partial charge in [0.2, 0.25) is 0 Å². The molecule has 0 aromatic heterocycles. The first-order chi connectivity index (χ1) is 10.7. The zero-order valence-electron chi connectivity index (χ0n) is 12.4. The molecule has 0 unspecified atom stereocenters. The second kappa shape index (κ2) is 8.45. The predicted molar refractivity (Wildman–Crippen MR) is 87.0 cm³/mol. The van der Waals surface area contributed by atoms with Crippen LogP contribution in [0.25, 0.3) is 0 Å². The normalized spacial score (nSPS) is 15.9. The summed E-state index contributed by atoms with van der Waals surface area (Å²) in [5.74, 6) is -0.294. The first-order valence-corrected chi connectivity index (χ1v) is 7.96. The molecule has 0 heterocycles. The minimum absolute atomic E-state index is 0.111. The molecule has 0 spiro atoms. The number of nitriles is 1. The van der Waals surface area contributed by atoms with Crippen molar-refractivity contribution in [3.8, 4) is 6.07 Å². The summed E-state index contributed by atoms with van der Waals surface area (Å²) in [4.78, 5) is 12.1. The average Bonchev–Trinajstić information content (AvgIpc) is 2.54. The van der Waals surface area contributed by atoms with Crippen LogP contribution in [-0.4, -0.2) is 11.9 Å². The summed E-state index contributed by atoms with van der Waals surface area (Å²) in [7, 11) is 0. The molecular formula is C17H20ClN3O. The number of halogens is 1. The predicted octanol–water partition coefficient (Wildman–Crippen LogP) is 3.29. The average molecular weight is 318 g/mol. The molecule has 1 aromatic carbocycles. The highest BCUT2D eigenvalue weighted by molar-refractivity contribution is 6.30. The van der Waals surface area contributed by atoms with Gasteiger partial charge in [0.05, 0.1) is 0 Å². The lowest BCUT2D eigenvalue weighted by Gasteiger charge is -2.22. The smallest absolute Gasteiger partial charge is 0.263 e. The third-order valence-electron chi connectivity index (χ3n) is 3.77. The zero-order chi connectivity index (χ0) is 15.8. The van der Waals surface area contributed by atoms with E-state index < -0.39 is 0 Å². The molecule has 1 amide bonds. The second-order valence-corrected chi connectivity index (χ2v) is 5.92. The third-order valence-corrected chi connectivity index (χ3v) is 4.02. The van der Waals surface area contributed by atoms with Gasteiger partial charge in [-0.3, -0.25) is 4.79 Å². The summed E-state index contributed by atoms with van der Waals surface area (Å²) < 4.78 is 0. The van der Waals surface area contributed by atoms with Crippen LogP contribution < -0.4 is 10.6 Å². The van der Waals surface area contributed by atoms with Gasteiger partial charge >= 0.3 is 0 Å². The van der Waals surface area contributed by atoms with Crippen molar-refractivity contribution in [2.24, 2.45) is 0 Å². The Morgan fingerprint density at radius 2 is 1.95 bits per heavy atom. The van der Waals surface area contributed by atoms with Crippen LogP contribution in [0, 0.1) is 11.3 Å². The molecule has 2 rings (SSSR count). The highest BCUT2D eigenvalue weighted by Crippen LogP contribution is 2.17. The van der Waals surface area contributed by atoms with Crippen molar-refractivity contribution in [2.45, 2.75) is 44.7 Å². The summed E-state index contributed by atoms with van der Waals surface area (Å²) in [6.07, 6.45) is 7.00. The van der Waals surface area contributed by atoms with Gasteiger partial charge in [0.1, 0.15) is 11.6 Å². The van der Waals surface area contributed by atoms with E-state index >= 15 is 0 Å². The van der Waals surface area contributed by atoms with E-state index in [4.69, 9.17) is 16.9 Å². The monoisotopic (exact) mass is 317 g/mol. The molecule has 0 radical (unpaired) electrons. The van der Waals surface area contributed by atoms with Gasteiger partial charge in [-0.25, -0.2) is 0 Å². The Bertz CT molecular complexity index is 569. The van der Waals surface area contributed by atoms with E-state index in [1.807, 2.05) is 30.3 Å². The molecule has 1 aliphatic rings. The van der Waals surface area contributed by atoms with Crippen molar-refractivity contribution in [3.63, 3.8) is 0 Å². The second-order valence-electron chi connectivity index (χ2n) is 5.49. The number of nitrogens with one attached hydrogen (secondary N) is 2. The van der Waals surface area contributed by atoms with Gasteiger partial charge in [-0.05, 0) is 30.5 Å². The zero-order valence-corrected chi connectivity index (χ0v) is 13.2. The van der Waals surface area contributed by atoms with E-state index in [1.54, 1.807) is 0 Å². The Morgan fingerprint density at radius 1 is 1.27 bits per heavy atom. The molecule has 0 saturated heterocycles. The Morgan fingerprint density at radius 3 is 2.59 bits per heavy atom. The van der Waals surface area contributed by atoms with E-state index in [1.165, 1.54) is 12.6 Å². The van der Waals surface area contributed by atoms with Gasteiger partial charge < -0.3 is 10.6 Å². The van der Waals surface area contributed by atoms with Crippen LogP contribution in [0.15, 0.2) is 36.0 Å². The maximum absolute atomic E-state index is 12.1. The number of rotatable bonds is 5. The highest BCUT2D eigenvalue weighted by Gasteiger charge is 2.17. The number of carbonyl (C=O) groups excluding carboxylic acids is 1. The minimum Gasteiger partial charge on any atom is -0.386 e. The molecule has 1 aliphatic carbocycles. The third kappa shape index (κ3) is 5.09. The van der Waals surface area contributed by atoms with Gasteiger partial charge in [-0.1, -0.05) is 43.0 Å². The van der Waals surface area contributed by atoms with Crippen LogP contribution in [-0.2, 0) is 11.3 Å². The van der Waals surface area contributed by atoms with Crippen LogP contribution >= 0.6 is 11.6 Å². The summed E-state index contributed by atoms with van der Waals surface area (Å²) in [6, 6.07) is 9.57. The Balaban J connectivity index is 1.85. The molecule has 0 bridgehead atoms. The quantitative estimate of drug-likeness (QED) is 0.647. The number of carbonyl (C=O) groups is 1. The largest absolute Gasteiger partial charge is 0.386 e. The molecule has 0 atom stereocenters. The molecule has 4 nitrogen and oxygen atoms in total. The van der Waals surface area contributed by atoms with Crippen LogP contribution in [0.4, 0.5) is 0 Å². The Hall–Kier alpha value is -1.99. The number of amides is 1. The van der Waals surface area contributed by atoms with Crippen molar-refractivity contribution in [2.75, 3.05) is 0 Å². The lowest BCUT2D eigenvalue weighted by Crippen LogP contribution is -2.37. The number of hydrogen-bond donors (Lipinski definition) is 2. The molecule has 22 heavy (non-hydrogen) atoms. The topological polar surface area (TPSA) is 64.9 Å². The van der Waals surface area contributed by atoms with E-state index in [0.717, 1.165) is 31.2 Å². The molecule has 116 valence electrons. The van der Waals surface area contributed by atoms with Crippen molar-refractivity contribution in [1.29, 1.82) is 5.26 Å². The number of nitrogens with zero attached hydrogens (tertiary/aromatic N) is 1. The summed E-state index contributed by atoms with van der Waals surface area (Å²) in [5, 5.41) is 15.7. The standard InChI is InChI=1S/C17H20ClN3O/c18-15-8-6-13(7-9-15)11-20-12-14(10-19)17(22)21-16-4-2-1-3-5-16/h6-9,12,16,20H,1-5,11H2,(H,21,22)/b14-12-. The molecule has 1 fully saturated rings. The maximum Gasteiger partial charge on any atom is 0.263 e. The van der Waals surface area contributed by atoms with Crippen LogP contribution in [0.3, 0.4) is 0 Å². The van der Waals surface area contributed by atoms with Gasteiger partial charge in [-0.2, -0.15) is 5.26 Å². The first kappa shape index (κ1) is 16.4. The minimum atomic E-state index is -0.294. The van der Waals surface area contributed by atoms with Crippen molar-refractivity contribution < 1.29 is 4.79 Å². The molecular weight excluding hydrogens is 298 g/mol. The van der Waals surface area contributed by atoms with E-state index in [0.29, 0.717) is 11.6 Å². The van der Waals surface area contributed by atoms with E-state index in [9.17, 15) is 4.79 Å². The van der Waals surface area contributed by atoms with Gasteiger partial charge in [0.25, 0.3) is 5.91 Å². The number of hydrogen-bond acceptors (Lipinski definition) is 3. The van der Waals surface area contributed by atoms with Crippen molar-refractivity contribution in [1.82, 2.24) is 10.6 Å². The van der Waals surface area contributed by atoms with Gasteiger partial charge in [-0.15, -0.1) is 0 Å². The fourth-order valence-electron chi connectivity index (χ4n) is 2.53. The molecule has 2 N–H and O–H groups in total. The van der Waals surface area contributed by atoms with Crippen LogP contribution in [0.5, 0.6) is 0 Å². The maximum atomic E-state index is 12.1. The van der Waals surface area contributed by atoms with Crippen LogP contribution in [0.1, 0.15) is 37.7 Å². The SMILES string of the molecule is N#C/C(=C/NCc1ccc(Cl)cc1)C(=O)NC1CCCCC1. The number of benzene rings is 1. The first-order valence-electron chi connectivity index (χ1n) is 7.58. The Kier molecular flexibility index (Phi) is 6.29. The Labute approximate surface area is 136 Å². The molecule has 1 saturated carbocycles. The fourth-order valence-corrected chi connectivity index (χ4v) is 2.66. The summed E-state index contributed by atoms with van der Waals surface area (Å²) >= 11 is 5.82. The lowest BCUT2D eigenvalue weighted by molar-refractivity contribution is -0.118. The van der Waals surface area contributed by atoms with Crippen molar-refractivity contribution >= 4 is 17.5 Å². The van der Waals surface area contributed by atoms with E-state index in [-0.39, 0.29) is 17.5 Å². The van der Waals surface area contributed by atoms with Crippen LogP contribution in [0.2, 0.25) is 5.02 Å². The lowest BCUT2D eigenvalue weighted by atomic mass is 9.95. The highest BCUT2D eigenvalue weighted by atomic mass is 35.5. The summed E-state index contributed by atoms with van der Waals surface area (Å²) in [5.41, 5.74) is 1.14.